The first-order chi connectivity index (χ1) is 9.00. The molecule has 6 nitrogen and oxygen atoms in total. The Morgan fingerprint density at radius 3 is 2.58 bits per heavy atom. The number of phenolic OH excluding ortho intramolecular Hbond substituents is 1. The number of hydrogen-bond donors (Lipinski definition) is 2. The van der Waals surface area contributed by atoms with E-state index in [1.54, 1.807) is 19.2 Å². The Labute approximate surface area is 114 Å². The van der Waals surface area contributed by atoms with Crippen molar-refractivity contribution in [2.45, 2.75) is 6.04 Å². The lowest BCUT2D eigenvalue weighted by Gasteiger charge is -2.27. The Kier molecular flexibility index (Phi) is 3.84. The van der Waals surface area contributed by atoms with Crippen LogP contribution in [0, 0.1) is 0 Å². The normalized spacial score (nSPS) is 18.4. The number of aliphatic carboxylic acids is 1. The van der Waals surface area contributed by atoms with Gasteiger partial charge in [0.2, 0.25) is 0 Å². The van der Waals surface area contributed by atoms with Crippen molar-refractivity contribution in [2.75, 3.05) is 23.6 Å². The summed E-state index contributed by atoms with van der Waals surface area (Å²) in [5.41, 5.74) is 0.601. The van der Waals surface area contributed by atoms with E-state index in [1.165, 1.54) is 33.7 Å². The first-order valence-corrected chi connectivity index (χ1v) is 6.80. The number of carboxylic acid groups (broad SMARTS) is 1. The minimum absolute atomic E-state index is 0.115. The zero-order valence-electron chi connectivity index (χ0n) is 10.3. The van der Waals surface area contributed by atoms with Gasteiger partial charge in [-0.05, 0) is 24.3 Å². The Morgan fingerprint density at radius 1 is 1.37 bits per heavy atom. The van der Waals surface area contributed by atoms with Crippen LogP contribution in [0.5, 0.6) is 5.75 Å². The third-order valence-electron chi connectivity index (χ3n) is 2.94. The fourth-order valence-electron chi connectivity index (χ4n) is 1.82. The molecule has 1 heterocycles. The lowest BCUT2D eigenvalue weighted by atomic mass is 10.2. The van der Waals surface area contributed by atoms with Crippen molar-refractivity contribution >= 4 is 29.4 Å². The van der Waals surface area contributed by atoms with Gasteiger partial charge in [-0.15, -0.1) is 11.8 Å². The maximum Gasteiger partial charge on any atom is 0.327 e. The van der Waals surface area contributed by atoms with Gasteiger partial charge in [-0.1, -0.05) is 0 Å². The minimum atomic E-state index is -0.988. The highest BCUT2D eigenvalue weighted by molar-refractivity contribution is 7.99. The highest BCUT2D eigenvalue weighted by Crippen LogP contribution is 2.25. The molecule has 1 saturated heterocycles. The molecule has 0 spiro atoms. The zero-order valence-corrected chi connectivity index (χ0v) is 11.1. The van der Waals surface area contributed by atoms with Crippen molar-refractivity contribution in [2.24, 2.45) is 0 Å². The first kappa shape index (κ1) is 13.5. The summed E-state index contributed by atoms with van der Waals surface area (Å²) in [6.45, 7) is 0. The number of urea groups is 1. The van der Waals surface area contributed by atoms with Gasteiger partial charge in [0.1, 0.15) is 11.8 Å². The van der Waals surface area contributed by atoms with Gasteiger partial charge in [0, 0.05) is 18.5 Å². The fraction of sp³-hybridized carbons (Fsp3) is 0.333. The van der Waals surface area contributed by atoms with Crippen LogP contribution in [-0.4, -0.2) is 51.8 Å². The predicted octanol–water partition coefficient (Wildman–Crippen LogP) is 1.41. The molecule has 19 heavy (non-hydrogen) atoms. The average molecular weight is 282 g/mol. The van der Waals surface area contributed by atoms with Gasteiger partial charge in [0.25, 0.3) is 0 Å². The zero-order chi connectivity index (χ0) is 14.0. The highest BCUT2D eigenvalue weighted by atomic mass is 32.2. The smallest absolute Gasteiger partial charge is 0.327 e. The summed E-state index contributed by atoms with van der Waals surface area (Å²) in [5, 5.41) is 18.3. The van der Waals surface area contributed by atoms with Crippen LogP contribution in [0.3, 0.4) is 0 Å². The maximum atomic E-state index is 12.3. The van der Waals surface area contributed by atoms with E-state index in [0.717, 1.165) is 0 Å². The quantitative estimate of drug-likeness (QED) is 0.857. The van der Waals surface area contributed by atoms with Crippen LogP contribution in [0.1, 0.15) is 0 Å². The number of carboxylic acids is 1. The van der Waals surface area contributed by atoms with Crippen molar-refractivity contribution < 1.29 is 19.8 Å². The molecular formula is C12H14N2O4S. The molecule has 1 fully saturated rings. The summed E-state index contributed by atoms with van der Waals surface area (Å²) in [5.74, 6) is -0.0925. The molecule has 0 saturated carbocycles. The van der Waals surface area contributed by atoms with Gasteiger partial charge < -0.3 is 15.1 Å². The van der Waals surface area contributed by atoms with Gasteiger partial charge >= 0.3 is 12.0 Å². The first-order valence-electron chi connectivity index (χ1n) is 5.64. The highest BCUT2D eigenvalue weighted by Gasteiger charge is 2.36. The van der Waals surface area contributed by atoms with E-state index in [9.17, 15) is 14.7 Å². The molecule has 0 aliphatic carbocycles. The van der Waals surface area contributed by atoms with Gasteiger partial charge in [-0.2, -0.15) is 0 Å². The number of rotatable bonds is 2. The number of carbonyl (C=O) groups excluding carboxylic acids is 1. The van der Waals surface area contributed by atoms with E-state index in [2.05, 4.69) is 0 Å². The predicted molar refractivity (Wildman–Crippen MR) is 72.5 cm³/mol. The number of benzene rings is 1. The SMILES string of the molecule is CN(C(=O)N1CSC[C@H]1C(=O)O)c1ccc(O)cc1. The number of carbonyl (C=O) groups is 2. The summed E-state index contributed by atoms with van der Waals surface area (Å²) in [7, 11) is 1.58. The Bertz CT molecular complexity index is 491. The lowest BCUT2D eigenvalue weighted by molar-refractivity contribution is -0.140. The minimum Gasteiger partial charge on any atom is -0.508 e. The van der Waals surface area contributed by atoms with Gasteiger partial charge in [-0.25, -0.2) is 9.59 Å². The van der Waals surface area contributed by atoms with E-state index in [4.69, 9.17) is 5.11 Å². The summed E-state index contributed by atoms with van der Waals surface area (Å²) in [4.78, 5) is 26.0. The van der Waals surface area contributed by atoms with Crippen LogP contribution >= 0.6 is 11.8 Å². The number of aromatic hydroxyl groups is 1. The largest absolute Gasteiger partial charge is 0.508 e. The van der Waals surface area contributed by atoms with E-state index in [0.29, 0.717) is 17.3 Å². The molecular weight excluding hydrogens is 268 g/mol. The molecule has 0 radical (unpaired) electrons. The summed E-state index contributed by atoms with van der Waals surface area (Å²) < 4.78 is 0. The molecule has 2 rings (SSSR count). The van der Waals surface area contributed by atoms with Crippen molar-refractivity contribution in [1.29, 1.82) is 0 Å². The van der Waals surface area contributed by atoms with Crippen LogP contribution in [0.15, 0.2) is 24.3 Å². The monoisotopic (exact) mass is 282 g/mol. The number of hydrogen-bond acceptors (Lipinski definition) is 4. The van der Waals surface area contributed by atoms with Crippen molar-refractivity contribution in [3.8, 4) is 5.75 Å². The summed E-state index contributed by atoms with van der Waals surface area (Å²) in [6.07, 6.45) is 0. The van der Waals surface area contributed by atoms with Crippen molar-refractivity contribution in [3.05, 3.63) is 24.3 Å². The molecule has 0 aromatic heterocycles. The van der Waals surface area contributed by atoms with Gasteiger partial charge in [-0.3, -0.25) is 4.90 Å². The molecule has 7 heteroatoms. The van der Waals surface area contributed by atoms with Crippen LogP contribution in [0.4, 0.5) is 10.5 Å². The maximum absolute atomic E-state index is 12.3. The molecule has 1 aromatic rings. The molecule has 1 aliphatic heterocycles. The number of nitrogens with zero attached hydrogens (tertiary/aromatic N) is 2. The third kappa shape index (κ3) is 2.76. The molecule has 102 valence electrons. The second-order valence-corrected chi connectivity index (χ2v) is 5.18. The Hall–Kier alpha value is -1.89. The number of amides is 2. The lowest BCUT2D eigenvalue weighted by Crippen LogP contribution is -2.47. The Morgan fingerprint density at radius 2 is 2.00 bits per heavy atom. The molecule has 0 unspecified atom stereocenters. The summed E-state index contributed by atoms with van der Waals surface area (Å²) in [6, 6.07) is 5.03. The Balaban J connectivity index is 2.14. The van der Waals surface area contributed by atoms with Crippen molar-refractivity contribution in [3.63, 3.8) is 0 Å². The molecule has 1 atom stereocenters. The van der Waals surface area contributed by atoms with Crippen molar-refractivity contribution in [1.82, 2.24) is 4.90 Å². The van der Waals surface area contributed by atoms with E-state index in [-0.39, 0.29) is 11.8 Å². The molecule has 0 bridgehead atoms. The fourth-order valence-corrected chi connectivity index (χ4v) is 2.95. The van der Waals surface area contributed by atoms with Crippen LogP contribution < -0.4 is 4.90 Å². The van der Waals surface area contributed by atoms with Crippen LogP contribution in [0.2, 0.25) is 0 Å². The third-order valence-corrected chi connectivity index (χ3v) is 3.95. The molecule has 1 aromatic carbocycles. The average Bonchev–Trinajstić information content (AvgIpc) is 2.87. The molecule has 2 N–H and O–H groups in total. The topological polar surface area (TPSA) is 81.1 Å². The number of anilines is 1. The number of thioether (sulfide) groups is 1. The second-order valence-electron chi connectivity index (χ2n) is 4.18. The van der Waals surface area contributed by atoms with Gasteiger partial charge in [0.05, 0.1) is 5.88 Å². The molecule has 1 aliphatic rings. The standard InChI is InChI=1S/C12H14N2O4S/c1-13(8-2-4-9(15)5-3-8)12(18)14-7-19-6-10(14)11(16)17/h2-5,10,15H,6-7H2,1H3,(H,16,17)/t10-/m0/s1. The van der Waals surface area contributed by atoms with Crippen LogP contribution in [0.25, 0.3) is 0 Å². The van der Waals surface area contributed by atoms with Gasteiger partial charge in [0.15, 0.2) is 0 Å². The second kappa shape index (κ2) is 5.40. The van der Waals surface area contributed by atoms with E-state index in [1.807, 2.05) is 0 Å². The van der Waals surface area contributed by atoms with Crippen LogP contribution in [-0.2, 0) is 4.79 Å². The van der Waals surface area contributed by atoms with E-state index >= 15 is 0 Å². The molecule has 2 amide bonds. The summed E-state index contributed by atoms with van der Waals surface area (Å²) >= 11 is 1.42. The number of phenols is 1. The van der Waals surface area contributed by atoms with E-state index < -0.39 is 12.0 Å².